The maximum atomic E-state index is 10.9. The van der Waals surface area contributed by atoms with Crippen molar-refractivity contribution in [1.29, 1.82) is 0 Å². The summed E-state index contributed by atoms with van der Waals surface area (Å²) in [6.07, 6.45) is 2.09. The van der Waals surface area contributed by atoms with Crippen LogP contribution in [0, 0.1) is 0 Å². The molecular weight excluding hydrogens is 144 g/mol. The van der Waals surface area contributed by atoms with Crippen LogP contribution in [0.5, 0.6) is 0 Å². The van der Waals surface area contributed by atoms with Gasteiger partial charge in [-0.15, -0.1) is 0 Å². The Kier molecular flexibility index (Phi) is 2.06. The number of rotatable bonds is 2. The van der Waals surface area contributed by atoms with E-state index in [0.29, 0.717) is 12.0 Å². The van der Waals surface area contributed by atoms with Crippen LogP contribution in [0.4, 0.5) is 5.69 Å². The highest BCUT2D eigenvalue weighted by Crippen LogP contribution is 1.94. The van der Waals surface area contributed by atoms with E-state index in [1.807, 2.05) is 0 Å². The quantitative estimate of drug-likeness (QED) is 0.588. The molecule has 4 heteroatoms. The molecule has 2 N–H and O–H groups in total. The number of hydrogen-bond acceptors (Lipinski definition) is 3. The van der Waals surface area contributed by atoms with E-state index >= 15 is 0 Å². The van der Waals surface area contributed by atoms with Gasteiger partial charge in [0.2, 0.25) is 0 Å². The maximum Gasteiger partial charge on any atom is 0.251 e. The molecule has 1 aromatic rings. The van der Waals surface area contributed by atoms with Crippen LogP contribution in [0.3, 0.4) is 0 Å². The van der Waals surface area contributed by atoms with E-state index in [-0.39, 0.29) is 12.1 Å². The summed E-state index contributed by atoms with van der Waals surface area (Å²) in [7, 11) is 0. The van der Waals surface area contributed by atoms with Crippen LogP contribution < -0.4 is 11.3 Å². The first-order valence-electron chi connectivity index (χ1n) is 3.13. The first-order valence-corrected chi connectivity index (χ1v) is 3.13. The topological polar surface area (TPSA) is 65.1 Å². The minimum Gasteiger partial charge on any atom is -0.398 e. The van der Waals surface area contributed by atoms with Crippen LogP contribution in [-0.4, -0.2) is 10.9 Å². The largest absolute Gasteiger partial charge is 0.398 e. The van der Waals surface area contributed by atoms with Gasteiger partial charge in [-0.05, 0) is 6.07 Å². The third-order valence-electron chi connectivity index (χ3n) is 1.28. The standard InChI is InChI=1S/C7H8N2O2/c8-6-1-2-7(11)9(5-6)3-4-10/h1-2,4-5H,3,8H2. The Balaban J connectivity index is 3.12. The van der Waals surface area contributed by atoms with E-state index in [2.05, 4.69) is 0 Å². The van der Waals surface area contributed by atoms with Gasteiger partial charge in [0.15, 0.2) is 0 Å². The second kappa shape index (κ2) is 3.01. The molecule has 1 aromatic heterocycles. The van der Waals surface area contributed by atoms with Gasteiger partial charge in [-0.1, -0.05) is 0 Å². The number of nitrogen functional groups attached to an aromatic ring is 1. The molecule has 4 nitrogen and oxygen atoms in total. The minimum atomic E-state index is -0.216. The van der Waals surface area contributed by atoms with Crippen molar-refractivity contribution in [2.45, 2.75) is 6.54 Å². The first kappa shape index (κ1) is 7.53. The van der Waals surface area contributed by atoms with E-state index in [9.17, 15) is 9.59 Å². The Labute approximate surface area is 63.3 Å². The fourth-order valence-electron chi connectivity index (χ4n) is 0.773. The molecule has 0 spiro atoms. The number of anilines is 1. The Morgan fingerprint density at radius 3 is 2.91 bits per heavy atom. The Morgan fingerprint density at radius 2 is 2.27 bits per heavy atom. The summed E-state index contributed by atoms with van der Waals surface area (Å²) in [5.74, 6) is 0. The predicted octanol–water partition coefficient (Wildman–Crippen LogP) is -0.371. The number of pyridine rings is 1. The molecule has 0 aliphatic rings. The molecule has 0 aliphatic carbocycles. The summed E-state index contributed by atoms with van der Waals surface area (Å²) >= 11 is 0. The fourth-order valence-corrected chi connectivity index (χ4v) is 0.773. The maximum absolute atomic E-state index is 10.9. The first-order chi connectivity index (χ1) is 5.24. The van der Waals surface area contributed by atoms with Crippen LogP contribution in [0.1, 0.15) is 0 Å². The zero-order valence-corrected chi connectivity index (χ0v) is 5.86. The van der Waals surface area contributed by atoms with Crippen LogP contribution in [0.25, 0.3) is 0 Å². The van der Waals surface area contributed by atoms with Gasteiger partial charge in [-0.3, -0.25) is 4.79 Å². The molecule has 1 heterocycles. The second-order valence-electron chi connectivity index (χ2n) is 2.12. The van der Waals surface area contributed by atoms with Crippen molar-refractivity contribution in [3.8, 4) is 0 Å². The highest BCUT2D eigenvalue weighted by atomic mass is 16.1. The average Bonchev–Trinajstić information content (AvgIpc) is 1.98. The van der Waals surface area contributed by atoms with E-state index in [0.717, 1.165) is 0 Å². The number of hydrogen-bond donors (Lipinski definition) is 1. The Hall–Kier alpha value is -1.58. The lowest BCUT2D eigenvalue weighted by Crippen LogP contribution is -2.19. The van der Waals surface area contributed by atoms with E-state index < -0.39 is 0 Å². The summed E-state index contributed by atoms with van der Waals surface area (Å²) in [6, 6.07) is 2.84. The van der Waals surface area contributed by atoms with Gasteiger partial charge in [-0.2, -0.15) is 0 Å². The molecular formula is C7H8N2O2. The summed E-state index contributed by atoms with van der Waals surface area (Å²) < 4.78 is 1.25. The molecule has 0 saturated carbocycles. The van der Waals surface area contributed by atoms with Gasteiger partial charge in [-0.25, -0.2) is 0 Å². The Bertz CT molecular complexity index is 316. The summed E-state index contributed by atoms with van der Waals surface area (Å²) in [5, 5.41) is 0. The van der Waals surface area contributed by atoms with Gasteiger partial charge < -0.3 is 15.1 Å². The average molecular weight is 152 g/mol. The smallest absolute Gasteiger partial charge is 0.251 e. The molecule has 0 unspecified atom stereocenters. The predicted molar refractivity (Wildman–Crippen MR) is 41.2 cm³/mol. The third-order valence-corrected chi connectivity index (χ3v) is 1.28. The summed E-state index contributed by atoms with van der Waals surface area (Å²) in [6.45, 7) is 0.0594. The van der Waals surface area contributed by atoms with Crippen molar-refractivity contribution in [1.82, 2.24) is 4.57 Å². The van der Waals surface area contributed by atoms with Crippen LogP contribution >= 0.6 is 0 Å². The number of nitrogens with zero attached hydrogens (tertiary/aromatic N) is 1. The second-order valence-corrected chi connectivity index (χ2v) is 2.12. The van der Waals surface area contributed by atoms with Crippen molar-refractivity contribution in [3.05, 3.63) is 28.7 Å². The minimum absolute atomic E-state index is 0.0594. The SMILES string of the molecule is Nc1ccc(=O)n(CC=O)c1. The van der Waals surface area contributed by atoms with Gasteiger partial charge in [0.05, 0.1) is 6.54 Å². The van der Waals surface area contributed by atoms with Crippen molar-refractivity contribution >= 4 is 12.0 Å². The molecule has 0 radical (unpaired) electrons. The lowest BCUT2D eigenvalue weighted by atomic mass is 10.4. The molecule has 11 heavy (non-hydrogen) atoms. The number of carbonyl (C=O) groups excluding carboxylic acids is 1. The highest BCUT2D eigenvalue weighted by molar-refractivity contribution is 5.49. The summed E-state index contributed by atoms with van der Waals surface area (Å²) in [5.41, 5.74) is 5.64. The number of carbonyl (C=O) groups is 1. The van der Waals surface area contributed by atoms with Gasteiger partial charge >= 0.3 is 0 Å². The van der Waals surface area contributed by atoms with Crippen LogP contribution in [-0.2, 0) is 11.3 Å². The van der Waals surface area contributed by atoms with Gasteiger partial charge in [0.1, 0.15) is 6.29 Å². The molecule has 0 aliphatic heterocycles. The molecule has 0 saturated heterocycles. The molecule has 0 bridgehead atoms. The molecule has 0 atom stereocenters. The Morgan fingerprint density at radius 1 is 1.55 bits per heavy atom. The van der Waals surface area contributed by atoms with Crippen LogP contribution in [0.15, 0.2) is 23.1 Å². The van der Waals surface area contributed by atoms with E-state index in [1.54, 1.807) is 0 Å². The third kappa shape index (κ3) is 1.67. The number of aromatic nitrogens is 1. The summed E-state index contributed by atoms with van der Waals surface area (Å²) in [4.78, 5) is 20.9. The fraction of sp³-hybridized carbons (Fsp3) is 0.143. The molecule has 58 valence electrons. The van der Waals surface area contributed by atoms with Gasteiger partial charge in [0.25, 0.3) is 5.56 Å². The normalized spacial score (nSPS) is 9.45. The van der Waals surface area contributed by atoms with Crippen molar-refractivity contribution < 1.29 is 4.79 Å². The lowest BCUT2D eigenvalue weighted by Gasteiger charge is -1.99. The van der Waals surface area contributed by atoms with Gasteiger partial charge in [0, 0.05) is 18.0 Å². The van der Waals surface area contributed by atoms with Crippen molar-refractivity contribution in [3.63, 3.8) is 0 Å². The monoisotopic (exact) mass is 152 g/mol. The van der Waals surface area contributed by atoms with Crippen molar-refractivity contribution in [2.24, 2.45) is 0 Å². The molecule has 0 amide bonds. The zero-order valence-electron chi connectivity index (χ0n) is 5.86. The highest BCUT2D eigenvalue weighted by Gasteiger charge is 1.93. The molecule has 0 aromatic carbocycles. The number of nitrogens with two attached hydrogens (primary N) is 1. The lowest BCUT2D eigenvalue weighted by molar-refractivity contribution is -0.108. The van der Waals surface area contributed by atoms with Crippen LogP contribution in [0.2, 0.25) is 0 Å². The molecule has 0 fully saturated rings. The van der Waals surface area contributed by atoms with E-state index in [1.165, 1.54) is 22.9 Å². The van der Waals surface area contributed by atoms with Crippen molar-refractivity contribution in [2.75, 3.05) is 5.73 Å². The van der Waals surface area contributed by atoms with E-state index in [4.69, 9.17) is 5.73 Å². The molecule has 1 rings (SSSR count). The number of aldehydes is 1. The zero-order chi connectivity index (χ0) is 8.27.